The van der Waals surface area contributed by atoms with Gasteiger partial charge in [-0.25, -0.2) is 0 Å². The molecule has 3 unspecified atom stereocenters. The Morgan fingerprint density at radius 2 is 1.70 bits per heavy atom. The number of nitrogens with two attached hydrogens (primary N) is 1. The highest BCUT2D eigenvalue weighted by Crippen LogP contribution is 2.13. The van der Waals surface area contributed by atoms with Crippen molar-refractivity contribution in [1.29, 1.82) is 0 Å². The number of allylic oxidation sites excluding steroid dienone is 7. The van der Waals surface area contributed by atoms with Crippen LogP contribution in [0.15, 0.2) is 60.8 Å². The molecule has 0 aromatic carbocycles. The molecule has 0 saturated carbocycles. The van der Waals surface area contributed by atoms with Crippen LogP contribution in [0.1, 0.15) is 51.9 Å². The van der Waals surface area contributed by atoms with E-state index in [1.807, 2.05) is 43.4 Å². The van der Waals surface area contributed by atoms with Gasteiger partial charge in [-0.2, -0.15) is 0 Å². The van der Waals surface area contributed by atoms with Gasteiger partial charge < -0.3 is 24.8 Å². The Morgan fingerprint density at radius 1 is 0.970 bits per heavy atom. The molecule has 0 bridgehead atoms. The molecule has 0 heterocycles. The highest BCUT2D eigenvalue weighted by molar-refractivity contribution is 5.66. The van der Waals surface area contributed by atoms with Gasteiger partial charge in [0.15, 0.2) is 6.23 Å². The summed E-state index contributed by atoms with van der Waals surface area (Å²) in [6.07, 6.45) is 19.0. The monoisotopic (exact) mass is 465 g/mol. The van der Waals surface area contributed by atoms with Crippen molar-refractivity contribution in [1.82, 2.24) is 0 Å². The molecule has 0 amide bonds. The van der Waals surface area contributed by atoms with E-state index in [4.69, 9.17) is 15.6 Å². The van der Waals surface area contributed by atoms with Gasteiger partial charge in [0.1, 0.15) is 0 Å². The zero-order valence-corrected chi connectivity index (χ0v) is 19.4. The summed E-state index contributed by atoms with van der Waals surface area (Å²) in [7, 11) is 0. The van der Waals surface area contributed by atoms with Crippen LogP contribution in [0.2, 0.25) is 0 Å². The fraction of sp³-hybridized carbons (Fsp3) is 0.520. The van der Waals surface area contributed by atoms with E-state index in [9.17, 15) is 19.8 Å². The van der Waals surface area contributed by atoms with Gasteiger partial charge in [-0.15, -0.1) is 0 Å². The summed E-state index contributed by atoms with van der Waals surface area (Å²) < 4.78 is 10.2. The van der Waals surface area contributed by atoms with Gasteiger partial charge in [0, 0.05) is 6.42 Å². The second-order valence-electron chi connectivity index (χ2n) is 7.31. The predicted octanol–water partition coefficient (Wildman–Crippen LogP) is 3.17. The predicted molar refractivity (Wildman–Crippen MR) is 128 cm³/mol. The average Bonchev–Trinajstić information content (AvgIpc) is 2.77. The molecule has 8 heteroatoms. The quantitative estimate of drug-likeness (QED) is 0.0930. The maximum Gasteiger partial charge on any atom is 0.303 e. The first kappa shape index (κ1) is 30.5. The van der Waals surface area contributed by atoms with E-state index >= 15 is 0 Å². The van der Waals surface area contributed by atoms with Crippen LogP contribution in [-0.2, 0) is 19.1 Å². The Balaban J connectivity index is 4.54. The van der Waals surface area contributed by atoms with E-state index in [1.165, 1.54) is 0 Å². The third kappa shape index (κ3) is 19.9. The zero-order chi connectivity index (χ0) is 24.7. The van der Waals surface area contributed by atoms with E-state index < -0.39 is 30.5 Å². The molecule has 0 aromatic rings. The third-order valence-electron chi connectivity index (χ3n) is 4.40. The molecule has 5 N–H and O–H groups in total. The number of ether oxygens (including phenoxy) is 2. The number of aliphatic hydroxyl groups excluding tert-OH is 2. The summed E-state index contributed by atoms with van der Waals surface area (Å²) in [5.41, 5.74) is 5.60. The summed E-state index contributed by atoms with van der Waals surface area (Å²) in [6, 6.07) is 0. The third-order valence-corrected chi connectivity index (χ3v) is 4.40. The van der Waals surface area contributed by atoms with Gasteiger partial charge in [0.2, 0.25) is 0 Å². The lowest BCUT2D eigenvalue weighted by Gasteiger charge is -2.23. The summed E-state index contributed by atoms with van der Waals surface area (Å²) in [5.74, 6) is -0.873. The van der Waals surface area contributed by atoms with Crippen LogP contribution in [0.3, 0.4) is 0 Å². The first-order valence-electron chi connectivity index (χ1n) is 11.2. The van der Waals surface area contributed by atoms with Gasteiger partial charge in [0.25, 0.3) is 6.47 Å². The SMILES string of the molecule is CC/C=C\CC(O)/C=C/C=C\C=C\CCC(OCC(N)OC=O)[C@H](O)C/C=C\CCC(=O)O. The maximum atomic E-state index is 10.5. The largest absolute Gasteiger partial charge is 0.481 e. The molecule has 0 aromatic heterocycles. The fourth-order valence-corrected chi connectivity index (χ4v) is 2.66. The molecular weight excluding hydrogens is 426 g/mol. The minimum atomic E-state index is -0.915. The van der Waals surface area contributed by atoms with Crippen LogP contribution >= 0.6 is 0 Å². The van der Waals surface area contributed by atoms with Crippen LogP contribution in [0.4, 0.5) is 0 Å². The lowest BCUT2D eigenvalue weighted by Crippen LogP contribution is -2.36. The summed E-state index contributed by atoms with van der Waals surface area (Å²) in [6.45, 7) is 2.24. The second kappa shape index (κ2) is 21.3. The number of hydrogen-bond acceptors (Lipinski definition) is 7. The number of hydrogen-bond donors (Lipinski definition) is 4. The topological polar surface area (TPSA) is 139 Å². The first-order valence-corrected chi connectivity index (χ1v) is 11.2. The van der Waals surface area contributed by atoms with Crippen molar-refractivity contribution in [3.63, 3.8) is 0 Å². The Hall–Kier alpha value is -2.52. The van der Waals surface area contributed by atoms with Gasteiger partial charge in [-0.1, -0.05) is 67.7 Å². The standard InChI is InChI=1S/C25H39NO7/c1-2-3-9-14-21(28)15-10-6-4-5-7-12-17-23(32-19-24(26)33-20-27)22(29)16-11-8-13-18-25(30)31/h3-11,15,20-24,28-29H,2,12-14,16-19,26H2,1H3,(H,30,31)/b6-4-,7-5+,9-3-,11-8-,15-10+/t21?,22-,23?,24?/m1/s1. The molecule has 0 fully saturated rings. The van der Waals surface area contributed by atoms with E-state index in [1.54, 1.807) is 24.3 Å². The second-order valence-corrected chi connectivity index (χ2v) is 7.31. The van der Waals surface area contributed by atoms with Gasteiger partial charge in [-0.05, 0) is 38.5 Å². The Kier molecular flexibility index (Phi) is 19.7. The smallest absolute Gasteiger partial charge is 0.303 e. The minimum absolute atomic E-state index is 0.0345. The van der Waals surface area contributed by atoms with Crippen molar-refractivity contribution >= 4 is 12.4 Å². The molecular formula is C25H39NO7. The van der Waals surface area contributed by atoms with Crippen LogP contribution in [0.25, 0.3) is 0 Å². The van der Waals surface area contributed by atoms with Gasteiger partial charge >= 0.3 is 5.97 Å². The Bertz CT molecular complexity index is 655. The van der Waals surface area contributed by atoms with Crippen LogP contribution in [-0.4, -0.2) is 58.9 Å². The minimum Gasteiger partial charge on any atom is -0.481 e. The van der Waals surface area contributed by atoms with Crippen molar-refractivity contribution < 1.29 is 34.4 Å². The van der Waals surface area contributed by atoms with Crippen molar-refractivity contribution in [2.24, 2.45) is 5.73 Å². The molecule has 0 saturated heterocycles. The van der Waals surface area contributed by atoms with Gasteiger partial charge in [0.05, 0.1) is 24.9 Å². The van der Waals surface area contributed by atoms with Crippen molar-refractivity contribution in [3.05, 3.63) is 60.8 Å². The number of rotatable bonds is 20. The highest BCUT2D eigenvalue weighted by atomic mass is 16.6. The molecule has 0 rings (SSSR count). The van der Waals surface area contributed by atoms with E-state index in [2.05, 4.69) is 4.74 Å². The molecule has 8 nitrogen and oxygen atoms in total. The number of carbonyl (C=O) groups is 2. The lowest BCUT2D eigenvalue weighted by molar-refractivity contribution is -0.139. The molecule has 4 atom stereocenters. The normalized spacial score (nSPS) is 16.2. The highest BCUT2D eigenvalue weighted by Gasteiger charge is 2.19. The summed E-state index contributed by atoms with van der Waals surface area (Å²) in [5, 5.41) is 28.9. The summed E-state index contributed by atoms with van der Waals surface area (Å²) >= 11 is 0. The molecule has 0 radical (unpaired) electrons. The number of aliphatic carboxylic acids is 1. The average molecular weight is 466 g/mol. The molecule has 0 aliphatic carbocycles. The Morgan fingerprint density at radius 3 is 2.39 bits per heavy atom. The van der Waals surface area contributed by atoms with Crippen LogP contribution < -0.4 is 5.73 Å². The van der Waals surface area contributed by atoms with Crippen molar-refractivity contribution in [3.8, 4) is 0 Å². The number of carboxylic acids is 1. The fourth-order valence-electron chi connectivity index (χ4n) is 2.66. The van der Waals surface area contributed by atoms with E-state index in [0.29, 0.717) is 32.1 Å². The van der Waals surface area contributed by atoms with Crippen LogP contribution in [0, 0.1) is 0 Å². The van der Waals surface area contributed by atoms with Gasteiger partial charge in [-0.3, -0.25) is 15.3 Å². The molecule has 186 valence electrons. The van der Waals surface area contributed by atoms with Crippen molar-refractivity contribution in [2.75, 3.05) is 6.61 Å². The Labute approximate surface area is 196 Å². The zero-order valence-electron chi connectivity index (χ0n) is 19.4. The number of carboxylic acid groups (broad SMARTS) is 1. The molecule has 33 heavy (non-hydrogen) atoms. The van der Waals surface area contributed by atoms with Crippen molar-refractivity contribution in [2.45, 2.75) is 76.4 Å². The van der Waals surface area contributed by atoms with E-state index in [0.717, 1.165) is 6.42 Å². The first-order chi connectivity index (χ1) is 15.9. The maximum absolute atomic E-state index is 10.5. The molecule has 0 aliphatic rings. The van der Waals surface area contributed by atoms with Crippen LogP contribution in [0.5, 0.6) is 0 Å². The van der Waals surface area contributed by atoms with E-state index in [-0.39, 0.29) is 19.5 Å². The lowest BCUT2D eigenvalue weighted by atomic mass is 10.0. The number of aliphatic hydroxyl groups is 2. The molecule has 0 spiro atoms. The summed E-state index contributed by atoms with van der Waals surface area (Å²) in [4.78, 5) is 20.9. The number of carbonyl (C=O) groups excluding carboxylic acids is 1. The molecule has 0 aliphatic heterocycles.